The second-order valence-corrected chi connectivity index (χ2v) is 1.87. The van der Waals surface area contributed by atoms with Gasteiger partial charge in [0.15, 0.2) is 0 Å². The number of carboxylic acids is 1. The summed E-state index contributed by atoms with van der Waals surface area (Å²) >= 11 is 0. The highest BCUT2D eigenvalue weighted by Gasteiger charge is 2.07. The third kappa shape index (κ3) is 5.46. The molecule has 3 heteroatoms. The van der Waals surface area contributed by atoms with Crippen molar-refractivity contribution in [3.8, 4) is 11.8 Å². The van der Waals surface area contributed by atoms with Crippen LogP contribution in [0.3, 0.4) is 0 Å². The van der Waals surface area contributed by atoms with E-state index >= 15 is 0 Å². The van der Waals surface area contributed by atoms with E-state index in [-0.39, 0.29) is 18.3 Å². The van der Waals surface area contributed by atoms with Gasteiger partial charge in [-0.3, -0.25) is 4.79 Å². The molecule has 0 heterocycles. The molecule has 0 spiro atoms. The minimum absolute atomic E-state index is 0. The van der Waals surface area contributed by atoms with Crippen LogP contribution in [0.25, 0.3) is 0 Å². The number of hydrogen-bond acceptors (Lipinski definition) is 1. The Labute approximate surface area is 67.0 Å². The number of hydrogen-bond donors (Lipinski definition) is 1. The molecule has 0 aliphatic carbocycles. The predicted molar refractivity (Wildman–Crippen MR) is 42.1 cm³/mol. The van der Waals surface area contributed by atoms with Crippen LogP contribution < -0.4 is 0 Å². The van der Waals surface area contributed by atoms with E-state index in [0.29, 0.717) is 6.42 Å². The van der Waals surface area contributed by atoms with Crippen LogP contribution in [0.1, 0.15) is 20.3 Å². The van der Waals surface area contributed by atoms with Gasteiger partial charge in [-0.1, -0.05) is 6.92 Å². The summed E-state index contributed by atoms with van der Waals surface area (Å²) in [4.78, 5) is 10.1. The first-order valence-corrected chi connectivity index (χ1v) is 2.81. The lowest BCUT2D eigenvalue weighted by molar-refractivity contribution is -0.140. The molecule has 0 bridgehead atoms. The molecule has 0 radical (unpaired) electrons. The van der Waals surface area contributed by atoms with Gasteiger partial charge in [0.25, 0.3) is 0 Å². The van der Waals surface area contributed by atoms with Gasteiger partial charge >= 0.3 is 5.97 Å². The van der Waals surface area contributed by atoms with Gasteiger partial charge in [-0.25, -0.2) is 0 Å². The van der Waals surface area contributed by atoms with E-state index in [4.69, 9.17) is 5.11 Å². The van der Waals surface area contributed by atoms with Crippen LogP contribution in [0.5, 0.6) is 0 Å². The zero-order valence-electron chi connectivity index (χ0n) is 6.05. The SMILES string of the molecule is CC#CCC(C)C(=O)O.Cl. The number of carbonyl (C=O) groups is 1. The van der Waals surface area contributed by atoms with Gasteiger partial charge in [0.05, 0.1) is 5.92 Å². The Morgan fingerprint density at radius 2 is 2.20 bits per heavy atom. The largest absolute Gasteiger partial charge is 0.481 e. The van der Waals surface area contributed by atoms with Crippen molar-refractivity contribution in [2.75, 3.05) is 0 Å². The first kappa shape index (κ1) is 12.0. The fourth-order valence-corrected chi connectivity index (χ4v) is 0.342. The van der Waals surface area contributed by atoms with Gasteiger partial charge in [-0.2, -0.15) is 0 Å². The Morgan fingerprint density at radius 1 is 1.70 bits per heavy atom. The molecule has 0 aliphatic heterocycles. The summed E-state index contributed by atoms with van der Waals surface area (Å²) < 4.78 is 0. The fourth-order valence-electron chi connectivity index (χ4n) is 0.342. The molecule has 2 nitrogen and oxygen atoms in total. The standard InChI is InChI=1S/C7H10O2.ClH/c1-3-4-5-6(2)7(8)9;/h6H,5H2,1-2H3,(H,8,9);1H. The van der Waals surface area contributed by atoms with Gasteiger partial charge in [-0.05, 0) is 6.92 Å². The summed E-state index contributed by atoms with van der Waals surface area (Å²) in [5.41, 5.74) is 0. The Balaban J connectivity index is 0. The predicted octanol–water partition coefficient (Wildman–Crippen LogP) is 1.54. The lowest BCUT2D eigenvalue weighted by Gasteiger charge is -1.96. The average molecular weight is 163 g/mol. The van der Waals surface area contributed by atoms with Crippen LogP contribution in [-0.2, 0) is 4.79 Å². The number of carboxylic acid groups (broad SMARTS) is 1. The van der Waals surface area contributed by atoms with Crippen molar-refractivity contribution in [1.29, 1.82) is 0 Å². The molecule has 1 unspecified atom stereocenters. The normalized spacial score (nSPS) is 10.2. The van der Waals surface area contributed by atoms with E-state index in [9.17, 15) is 4.79 Å². The van der Waals surface area contributed by atoms with E-state index < -0.39 is 5.97 Å². The highest BCUT2D eigenvalue weighted by atomic mass is 35.5. The zero-order chi connectivity index (χ0) is 7.28. The minimum Gasteiger partial charge on any atom is -0.481 e. The quantitative estimate of drug-likeness (QED) is 0.626. The molecule has 58 valence electrons. The van der Waals surface area contributed by atoms with Crippen LogP contribution in [0, 0.1) is 17.8 Å². The first-order chi connectivity index (χ1) is 4.18. The van der Waals surface area contributed by atoms with Gasteiger partial charge in [0.2, 0.25) is 0 Å². The molecule has 0 fully saturated rings. The summed E-state index contributed by atoms with van der Waals surface area (Å²) in [5.74, 6) is 4.22. The molecule has 0 aromatic carbocycles. The van der Waals surface area contributed by atoms with Gasteiger partial charge in [0.1, 0.15) is 0 Å². The monoisotopic (exact) mass is 162 g/mol. The molecule has 10 heavy (non-hydrogen) atoms. The van der Waals surface area contributed by atoms with E-state index in [1.807, 2.05) is 0 Å². The van der Waals surface area contributed by atoms with Crippen LogP contribution in [-0.4, -0.2) is 11.1 Å². The molecular weight excluding hydrogens is 152 g/mol. The summed E-state index contributed by atoms with van der Waals surface area (Å²) in [6.07, 6.45) is 0.450. The third-order valence-electron chi connectivity index (χ3n) is 1.01. The topological polar surface area (TPSA) is 37.3 Å². The minimum atomic E-state index is -0.780. The number of halogens is 1. The fraction of sp³-hybridized carbons (Fsp3) is 0.571. The maximum absolute atomic E-state index is 10.1. The van der Waals surface area contributed by atoms with Crippen LogP contribution in [0.2, 0.25) is 0 Å². The number of rotatable bonds is 2. The van der Waals surface area contributed by atoms with Gasteiger partial charge < -0.3 is 5.11 Å². The van der Waals surface area contributed by atoms with E-state index in [2.05, 4.69) is 11.8 Å². The molecule has 0 saturated heterocycles. The molecule has 0 aliphatic rings. The Bertz CT molecular complexity index is 155. The molecule has 1 N–H and O–H groups in total. The molecule has 0 rings (SSSR count). The third-order valence-corrected chi connectivity index (χ3v) is 1.01. The smallest absolute Gasteiger partial charge is 0.307 e. The summed E-state index contributed by atoms with van der Waals surface area (Å²) in [6.45, 7) is 3.35. The molecule has 0 amide bonds. The lowest BCUT2D eigenvalue weighted by Crippen LogP contribution is -2.07. The van der Waals surface area contributed by atoms with Crippen LogP contribution in [0.15, 0.2) is 0 Å². The molecule has 0 saturated carbocycles. The van der Waals surface area contributed by atoms with Crippen molar-refractivity contribution in [3.05, 3.63) is 0 Å². The molecular formula is C7H11ClO2. The molecule has 1 atom stereocenters. The van der Waals surface area contributed by atoms with Crippen molar-refractivity contribution in [1.82, 2.24) is 0 Å². The van der Waals surface area contributed by atoms with Gasteiger partial charge in [-0.15, -0.1) is 24.2 Å². The van der Waals surface area contributed by atoms with Crippen molar-refractivity contribution >= 4 is 18.4 Å². The summed E-state index contributed by atoms with van der Waals surface area (Å²) in [6, 6.07) is 0. The highest BCUT2D eigenvalue weighted by molar-refractivity contribution is 5.85. The summed E-state index contributed by atoms with van der Waals surface area (Å²) in [5, 5.41) is 8.34. The highest BCUT2D eigenvalue weighted by Crippen LogP contribution is 1.98. The maximum atomic E-state index is 10.1. The lowest BCUT2D eigenvalue weighted by atomic mass is 10.1. The van der Waals surface area contributed by atoms with Crippen LogP contribution >= 0.6 is 12.4 Å². The molecule has 0 aromatic heterocycles. The molecule has 0 aromatic rings. The van der Waals surface area contributed by atoms with E-state index in [1.54, 1.807) is 13.8 Å². The van der Waals surface area contributed by atoms with Crippen molar-refractivity contribution < 1.29 is 9.90 Å². The second kappa shape index (κ2) is 6.44. The zero-order valence-corrected chi connectivity index (χ0v) is 6.86. The Hall–Kier alpha value is -0.680. The maximum Gasteiger partial charge on any atom is 0.307 e. The van der Waals surface area contributed by atoms with Crippen LogP contribution in [0.4, 0.5) is 0 Å². The number of aliphatic carboxylic acids is 1. The van der Waals surface area contributed by atoms with Crippen molar-refractivity contribution in [2.45, 2.75) is 20.3 Å². The van der Waals surface area contributed by atoms with Crippen molar-refractivity contribution in [3.63, 3.8) is 0 Å². The summed E-state index contributed by atoms with van der Waals surface area (Å²) in [7, 11) is 0. The van der Waals surface area contributed by atoms with Gasteiger partial charge in [0, 0.05) is 6.42 Å². The van der Waals surface area contributed by atoms with E-state index in [0.717, 1.165) is 0 Å². The Morgan fingerprint density at radius 3 is 2.50 bits per heavy atom. The van der Waals surface area contributed by atoms with Crippen molar-refractivity contribution in [2.24, 2.45) is 5.92 Å². The second-order valence-electron chi connectivity index (χ2n) is 1.87. The first-order valence-electron chi connectivity index (χ1n) is 2.81. The Kier molecular flexibility index (Phi) is 7.75. The van der Waals surface area contributed by atoms with E-state index in [1.165, 1.54) is 0 Å². The average Bonchev–Trinajstić information content (AvgIpc) is 1.82.